The van der Waals surface area contributed by atoms with Crippen LogP contribution in [0.2, 0.25) is 0 Å². The van der Waals surface area contributed by atoms with E-state index in [1.165, 1.54) is 12.3 Å². The van der Waals surface area contributed by atoms with Gasteiger partial charge >= 0.3 is 5.97 Å². The van der Waals surface area contributed by atoms with Crippen LogP contribution in [0.4, 0.5) is 0 Å². The summed E-state index contributed by atoms with van der Waals surface area (Å²) in [5.74, 6) is -0.0838. The standard InChI is InChI=1S/C20H16O5/c1-2-10-23-19(21)13-24-15-8-9-16-18(11-15)25-12-17(20(16)22)14-6-4-3-5-7-14/h2-9,11-12H,1,10,13H2. The first-order valence-corrected chi connectivity index (χ1v) is 7.69. The molecule has 0 bridgehead atoms. The van der Waals surface area contributed by atoms with Crippen molar-refractivity contribution in [3.8, 4) is 16.9 Å². The molecule has 0 aliphatic heterocycles. The SMILES string of the molecule is C=CCOC(=O)COc1ccc2c(=O)c(-c3ccccc3)coc2c1. The second kappa shape index (κ2) is 7.49. The molecule has 0 aliphatic carbocycles. The summed E-state index contributed by atoms with van der Waals surface area (Å²) in [6.07, 6.45) is 2.91. The van der Waals surface area contributed by atoms with Crippen molar-refractivity contribution in [3.05, 3.63) is 77.7 Å². The van der Waals surface area contributed by atoms with Gasteiger partial charge in [0.1, 0.15) is 24.2 Å². The Hall–Kier alpha value is -3.34. The third-order valence-corrected chi connectivity index (χ3v) is 3.55. The van der Waals surface area contributed by atoms with E-state index in [0.29, 0.717) is 22.3 Å². The van der Waals surface area contributed by atoms with E-state index in [-0.39, 0.29) is 18.6 Å². The molecule has 25 heavy (non-hydrogen) atoms. The van der Waals surface area contributed by atoms with Gasteiger partial charge in [-0.25, -0.2) is 4.79 Å². The van der Waals surface area contributed by atoms with Crippen LogP contribution in [0.25, 0.3) is 22.1 Å². The van der Waals surface area contributed by atoms with Gasteiger partial charge in [-0.05, 0) is 17.7 Å². The van der Waals surface area contributed by atoms with E-state index in [2.05, 4.69) is 6.58 Å². The van der Waals surface area contributed by atoms with Gasteiger partial charge in [0.15, 0.2) is 12.0 Å². The van der Waals surface area contributed by atoms with Crippen LogP contribution in [-0.4, -0.2) is 19.2 Å². The highest BCUT2D eigenvalue weighted by Gasteiger charge is 2.10. The predicted octanol–water partition coefficient (Wildman–Crippen LogP) is 3.57. The van der Waals surface area contributed by atoms with Crippen LogP contribution in [0.3, 0.4) is 0 Å². The number of carbonyl (C=O) groups is 1. The van der Waals surface area contributed by atoms with Gasteiger partial charge in [-0.2, -0.15) is 0 Å². The second-order valence-corrected chi connectivity index (χ2v) is 5.26. The molecular weight excluding hydrogens is 320 g/mol. The Morgan fingerprint density at radius 2 is 1.96 bits per heavy atom. The zero-order valence-electron chi connectivity index (χ0n) is 13.4. The summed E-state index contributed by atoms with van der Waals surface area (Å²) in [6.45, 7) is 3.37. The smallest absolute Gasteiger partial charge is 0.344 e. The highest BCUT2D eigenvalue weighted by molar-refractivity contribution is 5.82. The summed E-state index contributed by atoms with van der Waals surface area (Å²) in [7, 11) is 0. The van der Waals surface area contributed by atoms with Gasteiger partial charge in [0.2, 0.25) is 0 Å². The molecule has 1 heterocycles. The molecule has 0 amide bonds. The van der Waals surface area contributed by atoms with E-state index in [4.69, 9.17) is 13.9 Å². The van der Waals surface area contributed by atoms with E-state index in [1.54, 1.807) is 18.2 Å². The quantitative estimate of drug-likeness (QED) is 0.508. The van der Waals surface area contributed by atoms with Crippen molar-refractivity contribution in [2.75, 3.05) is 13.2 Å². The van der Waals surface area contributed by atoms with Gasteiger partial charge in [-0.1, -0.05) is 43.0 Å². The summed E-state index contributed by atoms with van der Waals surface area (Å²) >= 11 is 0. The minimum absolute atomic E-state index is 0.121. The maximum Gasteiger partial charge on any atom is 0.344 e. The van der Waals surface area contributed by atoms with Crippen molar-refractivity contribution in [1.82, 2.24) is 0 Å². The summed E-state index contributed by atoms with van der Waals surface area (Å²) in [4.78, 5) is 24.1. The first kappa shape index (κ1) is 16.5. The summed E-state index contributed by atoms with van der Waals surface area (Å²) in [5.41, 5.74) is 1.56. The molecule has 5 nitrogen and oxygen atoms in total. The molecule has 0 unspecified atom stereocenters. The fourth-order valence-corrected chi connectivity index (χ4v) is 2.35. The average molecular weight is 336 g/mol. The molecule has 5 heteroatoms. The van der Waals surface area contributed by atoms with Crippen molar-refractivity contribution >= 4 is 16.9 Å². The molecule has 0 saturated carbocycles. The Morgan fingerprint density at radius 3 is 2.72 bits per heavy atom. The zero-order valence-corrected chi connectivity index (χ0v) is 13.4. The van der Waals surface area contributed by atoms with E-state index in [9.17, 15) is 9.59 Å². The number of benzene rings is 2. The van der Waals surface area contributed by atoms with Gasteiger partial charge in [0, 0.05) is 6.07 Å². The van der Waals surface area contributed by atoms with Crippen molar-refractivity contribution in [2.45, 2.75) is 0 Å². The number of fused-ring (bicyclic) bond motifs is 1. The van der Waals surface area contributed by atoms with Crippen molar-refractivity contribution in [2.24, 2.45) is 0 Å². The van der Waals surface area contributed by atoms with Crippen LogP contribution in [-0.2, 0) is 9.53 Å². The Kier molecular flexibility index (Phi) is 4.95. The molecule has 3 aromatic rings. The number of carbonyl (C=O) groups excluding carboxylic acids is 1. The maximum absolute atomic E-state index is 12.6. The summed E-state index contributed by atoms with van der Waals surface area (Å²) in [6, 6.07) is 14.1. The zero-order chi connectivity index (χ0) is 17.6. The molecule has 126 valence electrons. The fraction of sp³-hybridized carbons (Fsp3) is 0.100. The molecule has 0 aliphatic rings. The molecule has 2 aromatic carbocycles. The van der Waals surface area contributed by atoms with Crippen molar-refractivity contribution < 1.29 is 18.7 Å². The third-order valence-electron chi connectivity index (χ3n) is 3.55. The van der Waals surface area contributed by atoms with Crippen LogP contribution in [0.5, 0.6) is 5.75 Å². The van der Waals surface area contributed by atoms with Crippen molar-refractivity contribution in [3.63, 3.8) is 0 Å². The van der Waals surface area contributed by atoms with E-state index < -0.39 is 5.97 Å². The third kappa shape index (κ3) is 3.77. The Bertz CT molecular complexity index is 957. The number of ether oxygens (including phenoxy) is 2. The lowest BCUT2D eigenvalue weighted by Crippen LogP contribution is -2.14. The molecule has 0 atom stereocenters. The molecule has 0 N–H and O–H groups in total. The van der Waals surface area contributed by atoms with Gasteiger partial charge in [-0.3, -0.25) is 4.79 Å². The van der Waals surface area contributed by atoms with Crippen LogP contribution in [0.1, 0.15) is 0 Å². The van der Waals surface area contributed by atoms with E-state index >= 15 is 0 Å². The first-order valence-electron chi connectivity index (χ1n) is 7.69. The Labute approximate surface area is 144 Å². The highest BCUT2D eigenvalue weighted by Crippen LogP contribution is 2.23. The first-order chi connectivity index (χ1) is 12.2. The molecule has 3 rings (SSSR count). The largest absolute Gasteiger partial charge is 0.482 e. The summed E-state index contributed by atoms with van der Waals surface area (Å²) < 4.78 is 15.8. The van der Waals surface area contributed by atoms with Crippen LogP contribution >= 0.6 is 0 Å². The van der Waals surface area contributed by atoms with Crippen molar-refractivity contribution in [1.29, 1.82) is 0 Å². The van der Waals surface area contributed by atoms with E-state index in [0.717, 1.165) is 5.56 Å². The van der Waals surface area contributed by atoms with Gasteiger partial charge in [0.05, 0.1) is 10.9 Å². The molecule has 0 radical (unpaired) electrons. The second-order valence-electron chi connectivity index (χ2n) is 5.26. The maximum atomic E-state index is 12.6. The number of rotatable bonds is 6. The van der Waals surface area contributed by atoms with E-state index in [1.807, 2.05) is 30.3 Å². The molecule has 0 spiro atoms. The normalized spacial score (nSPS) is 10.4. The number of hydrogen-bond donors (Lipinski definition) is 0. The average Bonchev–Trinajstić information content (AvgIpc) is 2.65. The summed E-state index contributed by atoms with van der Waals surface area (Å²) in [5, 5.41) is 0.447. The Balaban J connectivity index is 1.84. The monoisotopic (exact) mass is 336 g/mol. The minimum Gasteiger partial charge on any atom is -0.482 e. The van der Waals surface area contributed by atoms with Gasteiger partial charge in [0.25, 0.3) is 0 Å². The number of esters is 1. The molecular formula is C20H16O5. The van der Waals surface area contributed by atoms with Crippen LogP contribution < -0.4 is 10.2 Å². The van der Waals surface area contributed by atoms with Crippen LogP contribution in [0, 0.1) is 0 Å². The highest BCUT2D eigenvalue weighted by atomic mass is 16.6. The lowest BCUT2D eigenvalue weighted by atomic mass is 10.1. The van der Waals surface area contributed by atoms with Crippen LogP contribution in [0.15, 0.2) is 76.7 Å². The predicted molar refractivity (Wildman–Crippen MR) is 94.6 cm³/mol. The number of hydrogen-bond acceptors (Lipinski definition) is 5. The fourth-order valence-electron chi connectivity index (χ4n) is 2.35. The van der Waals surface area contributed by atoms with Gasteiger partial charge in [-0.15, -0.1) is 0 Å². The Morgan fingerprint density at radius 1 is 1.16 bits per heavy atom. The molecule has 0 fully saturated rings. The molecule has 1 aromatic heterocycles. The lowest BCUT2D eigenvalue weighted by Gasteiger charge is -2.07. The molecule has 0 saturated heterocycles. The topological polar surface area (TPSA) is 65.7 Å². The van der Waals surface area contributed by atoms with Gasteiger partial charge < -0.3 is 13.9 Å². The minimum atomic E-state index is -0.499. The lowest BCUT2D eigenvalue weighted by molar-refractivity contribution is -0.144.